The maximum absolute atomic E-state index is 15.9. The van der Waals surface area contributed by atoms with Crippen molar-refractivity contribution in [2.45, 2.75) is 37.8 Å². The molecule has 6 nitrogen and oxygen atoms in total. The van der Waals surface area contributed by atoms with Crippen LogP contribution in [0.2, 0.25) is 0 Å². The van der Waals surface area contributed by atoms with Gasteiger partial charge in [0.05, 0.1) is 0 Å². The Labute approximate surface area is 172 Å². The maximum atomic E-state index is 15.9. The van der Waals surface area contributed by atoms with Crippen LogP contribution in [0, 0.1) is 0 Å². The average molecular weight is 416 g/mol. The first kappa shape index (κ1) is 21.4. The van der Waals surface area contributed by atoms with Crippen molar-refractivity contribution in [1.82, 2.24) is 5.32 Å². The summed E-state index contributed by atoms with van der Waals surface area (Å²) in [4.78, 5) is 39.6. The number of likely N-dealkylation sites (N-methyl/N-ethyl adjacent to an activating group) is 1. The molecule has 0 saturated heterocycles. The zero-order valence-corrected chi connectivity index (χ0v) is 17.0. The summed E-state index contributed by atoms with van der Waals surface area (Å²) >= 11 is 0. The van der Waals surface area contributed by atoms with Crippen molar-refractivity contribution in [2.75, 3.05) is 11.9 Å². The minimum atomic E-state index is -4.30. The second-order valence-electron chi connectivity index (χ2n) is 8.03. The molecule has 1 unspecified atom stereocenters. The Morgan fingerprint density at radius 3 is 2.17 bits per heavy atom. The van der Waals surface area contributed by atoms with Crippen LogP contribution in [0.1, 0.15) is 36.7 Å². The summed E-state index contributed by atoms with van der Waals surface area (Å²) in [5.74, 6) is -7.02. The SMILES string of the molecule is CN1C(=O)C(NC(=O)OC(C)(C)C)(C(F)(F)C(=O)c2ccccc2)c2ccccc21. The minimum absolute atomic E-state index is 0.166. The quantitative estimate of drug-likeness (QED) is 0.767. The van der Waals surface area contributed by atoms with Crippen molar-refractivity contribution >= 4 is 23.5 Å². The lowest BCUT2D eigenvalue weighted by atomic mass is 9.81. The van der Waals surface area contributed by atoms with Crippen LogP contribution in [-0.2, 0) is 15.1 Å². The number of hydrogen-bond acceptors (Lipinski definition) is 4. The van der Waals surface area contributed by atoms with Gasteiger partial charge in [0, 0.05) is 23.9 Å². The van der Waals surface area contributed by atoms with E-state index in [0.29, 0.717) is 0 Å². The van der Waals surface area contributed by atoms with E-state index in [1.807, 2.05) is 0 Å². The number of Topliss-reactive ketones (excluding diaryl/α,β-unsaturated/α-hetero) is 1. The standard InChI is InChI=1S/C22H22F2N2O4/c1-20(2,3)30-19(29)25-21(15-12-8-9-13-16(15)26(4)18(21)28)22(23,24)17(27)14-10-6-5-7-11-14/h5-13H,1-4H3,(H,25,29). The minimum Gasteiger partial charge on any atom is -0.444 e. The number of ketones is 1. The number of carbonyl (C=O) groups excluding carboxylic acids is 3. The molecule has 0 saturated carbocycles. The lowest BCUT2D eigenvalue weighted by Gasteiger charge is -2.36. The summed E-state index contributed by atoms with van der Waals surface area (Å²) in [6.45, 7) is 4.68. The van der Waals surface area contributed by atoms with Gasteiger partial charge in [0.1, 0.15) is 5.60 Å². The summed E-state index contributed by atoms with van der Waals surface area (Å²) in [6, 6.07) is 12.7. The first-order chi connectivity index (χ1) is 13.9. The highest BCUT2D eigenvalue weighted by atomic mass is 19.3. The van der Waals surface area contributed by atoms with Crippen molar-refractivity contribution in [2.24, 2.45) is 0 Å². The Bertz CT molecular complexity index is 1000. The summed E-state index contributed by atoms with van der Waals surface area (Å²) in [6.07, 6.45) is -1.23. The van der Waals surface area contributed by atoms with Gasteiger partial charge in [0.2, 0.25) is 11.3 Å². The first-order valence-corrected chi connectivity index (χ1v) is 9.28. The number of nitrogens with zero attached hydrogens (tertiary/aromatic N) is 1. The molecule has 3 rings (SSSR count). The first-order valence-electron chi connectivity index (χ1n) is 9.28. The highest BCUT2D eigenvalue weighted by molar-refractivity contribution is 6.15. The van der Waals surface area contributed by atoms with Crippen LogP contribution in [0.3, 0.4) is 0 Å². The third kappa shape index (κ3) is 3.32. The molecule has 1 N–H and O–H groups in total. The number of alkyl carbamates (subject to hydrolysis) is 1. The van der Waals surface area contributed by atoms with Gasteiger partial charge in [-0.05, 0) is 26.8 Å². The molecule has 1 aliphatic rings. The van der Waals surface area contributed by atoms with E-state index in [-0.39, 0.29) is 16.8 Å². The van der Waals surface area contributed by atoms with E-state index in [1.54, 1.807) is 32.9 Å². The third-order valence-corrected chi connectivity index (χ3v) is 4.78. The fraction of sp³-hybridized carbons (Fsp3) is 0.318. The van der Waals surface area contributed by atoms with Gasteiger partial charge < -0.3 is 9.64 Å². The van der Waals surface area contributed by atoms with Crippen molar-refractivity contribution in [1.29, 1.82) is 0 Å². The summed E-state index contributed by atoms with van der Waals surface area (Å²) in [5, 5.41) is 2.05. The number of carbonyl (C=O) groups is 3. The van der Waals surface area contributed by atoms with E-state index >= 15 is 8.78 Å². The smallest absolute Gasteiger partial charge is 0.408 e. The number of rotatable bonds is 4. The predicted octanol–water partition coefficient (Wildman–Crippen LogP) is 3.90. The predicted molar refractivity (Wildman–Crippen MR) is 107 cm³/mol. The zero-order chi connectivity index (χ0) is 22.3. The summed E-state index contributed by atoms with van der Waals surface area (Å²) in [7, 11) is 1.31. The third-order valence-electron chi connectivity index (χ3n) is 4.78. The molecule has 2 aromatic carbocycles. The van der Waals surface area contributed by atoms with Gasteiger partial charge in [-0.1, -0.05) is 48.5 Å². The second kappa shape index (κ2) is 7.19. The summed E-state index contributed by atoms with van der Waals surface area (Å²) < 4.78 is 36.9. The van der Waals surface area contributed by atoms with Crippen LogP contribution in [-0.4, -0.2) is 36.4 Å². The number of fused-ring (bicyclic) bond motifs is 1. The van der Waals surface area contributed by atoms with E-state index in [1.165, 1.54) is 49.5 Å². The van der Waals surface area contributed by atoms with Gasteiger partial charge in [0.25, 0.3) is 5.91 Å². The molecule has 2 aromatic rings. The van der Waals surface area contributed by atoms with Crippen molar-refractivity contribution in [3.05, 3.63) is 65.7 Å². The molecule has 0 spiro atoms. The number of ether oxygens (including phenoxy) is 1. The molecule has 0 aliphatic carbocycles. The number of benzene rings is 2. The number of nitrogens with one attached hydrogen (secondary N) is 1. The summed E-state index contributed by atoms with van der Waals surface area (Å²) in [5.41, 5.74) is -4.26. The van der Waals surface area contributed by atoms with E-state index in [9.17, 15) is 14.4 Å². The Morgan fingerprint density at radius 2 is 1.57 bits per heavy atom. The number of anilines is 1. The number of halogens is 2. The van der Waals surface area contributed by atoms with Crippen LogP contribution >= 0.6 is 0 Å². The van der Waals surface area contributed by atoms with Gasteiger partial charge in [0.15, 0.2) is 0 Å². The Morgan fingerprint density at radius 1 is 1.00 bits per heavy atom. The highest BCUT2D eigenvalue weighted by Gasteiger charge is 2.70. The Hall–Kier alpha value is -3.29. The maximum Gasteiger partial charge on any atom is 0.408 e. The molecule has 0 radical (unpaired) electrons. The molecule has 1 atom stereocenters. The number of amides is 2. The average Bonchev–Trinajstić information content (AvgIpc) is 2.90. The van der Waals surface area contributed by atoms with Crippen molar-refractivity contribution < 1.29 is 27.9 Å². The van der Waals surface area contributed by atoms with E-state index < -0.39 is 34.8 Å². The molecule has 0 fully saturated rings. The lowest BCUT2D eigenvalue weighted by molar-refractivity contribution is -0.138. The van der Waals surface area contributed by atoms with Crippen LogP contribution in [0.25, 0.3) is 0 Å². The highest BCUT2D eigenvalue weighted by Crippen LogP contribution is 2.49. The molecular formula is C22H22F2N2O4. The Balaban J connectivity index is 2.20. The van der Waals surface area contributed by atoms with Crippen LogP contribution in [0.15, 0.2) is 54.6 Å². The van der Waals surface area contributed by atoms with E-state index in [2.05, 4.69) is 5.32 Å². The van der Waals surface area contributed by atoms with Crippen LogP contribution in [0.4, 0.5) is 19.3 Å². The molecule has 1 aliphatic heterocycles. The largest absolute Gasteiger partial charge is 0.444 e. The molecule has 2 amide bonds. The number of hydrogen-bond donors (Lipinski definition) is 1. The molecule has 0 bridgehead atoms. The van der Waals surface area contributed by atoms with Crippen molar-refractivity contribution in [3.63, 3.8) is 0 Å². The second-order valence-corrected chi connectivity index (χ2v) is 8.03. The molecule has 1 heterocycles. The molecule has 158 valence electrons. The van der Waals surface area contributed by atoms with Crippen LogP contribution in [0.5, 0.6) is 0 Å². The topological polar surface area (TPSA) is 75.7 Å². The fourth-order valence-electron chi connectivity index (χ4n) is 3.46. The van der Waals surface area contributed by atoms with Crippen LogP contribution < -0.4 is 10.2 Å². The normalized spacial score (nSPS) is 18.7. The van der Waals surface area contributed by atoms with Crippen molar-refractivity contribution in [3.8, 4) is 0 Å². The molecule has 8 heteroatoms. The number of alkyl halides is 2. The van der Waals surface area contributed by atoms with Gasteiger partial charge in [-0.3, -0.25) is 14.9 Å². The van der Waals surface area contributed by atoms with Gasteiger partial charge in [-0.15, -0.1) is 0 Å². The van der Waals surface area contributed by atoms with Gasteiger partial charge >= 0.3 is 12.0 Å². The lowest BCUT2D eigenvalue weighted by Crippen LogP contribution is -2.66. The van der Waals surface area contributed by atoms with E-state index in [0.717, 1.165) is 4.90 Å². The van der Waals surface area contributed by atoms with Gasteiger partial charge in [-0.2, -0.15) is 8.78 Å². The molecule has 0 aromatic heterocycles. The van der Waals surface area contributed by atoms with E-state index in [4.69, 9.17) is 4.74 Å². The van der Waals surface area contributed by atoms with Gasteiger partial charge in [-0.25, -0.2) is 4.79 Å². The molecular weight excluding hydrogens is 394 g/mol. The molecule has 30 heavy (non-hydrogen) atoms. The fourth-order valence-corrected chi connectivity index (χ4v) is 3.46. The number of para-hydroxylation sites is 1. The zero-order valence-electron chi connectivity index (χ0n) is 17.0. The monoisotopic (exact) mass is 416 g/mol. The Kier molecular flexibility index (Phi) is 5.14.